The van der Waals surface area contributed by atoms with Gasteiger partial charge in [-0.3, -0.25) is 9.59 Å². The fourth-order valence-corrected chi connectivity index (χ4v) is 2.18. The van der Waals surface area contributed by atoms with Crippen molar-refractivity contribution < 1.29 is 14.0 Å². The third kappa shape index (κ3) is 4.32. The molecular formula is C18H21NO3. The quantitative estimate of drug-likeness (QED) is 0.827. The van der Waals surface area contributed by atoms with E-state index in [1.165, 1.54) is 0 Å². The molecule has 0 aliphatic heterocycles. The Morgan fingerprint density at radius 2 is 1.73 bits per heavy atom. The minimum atomic E-state index is -0.198. The first-order valence-electron chi connectivity index (χ1n) is 7.41. The molecule has 1 amide bonds. The molecule has 22 heavy (non-hydrogen) atoms. The van der Waals surface area contributed by atoms with Crippen molar-refractivity contribution >= 4 is 11.7 Å². The van der Waals surface area contributed by atoms with Gasteiger partial charge in [-0.2, -0.15) is 0 Å². The number of nitrogens with one attached hydrogen (secondary N) is 1. The molecule has 4 nitrogen and oxygen atoms in total. The fraction of sp³-hybridized carbons (Fsp3) is 0.333. The highest BCUT2D eigenvalue weighted by atomic mass is 16.3. The molecule has 0 radical (unpaired) electrons. The van der Waals surface area contributed by atoms with Crippen LogP contribution < -0.4 is 5.32 Å². The summed E-state index contributed by atoms with van der Waals surface area (Å²) in [5.41, 5.74) is 1.75. The number of amides is 1. The molecule has 1 heterocycles. The number of hydrogen-bond donors (Lipinski definition) is 1. The lowest BCUT2D eigenvalue weighted by molar-refractivity contribution is -0.121. The van der Waals surface area contributed by atoms with Crippen LogP contribution in [0.2, 0.25) is 0 Å². The maximum absolute atomic E-state index is 12.0. The average Bonchev–Trinajstić information content (AvgIpc) is 2.92. The van der Waals surface area contributed by atoms with Crippen molar-refractivity contribution in [1.82, 2.24) is 5.32 Å². The largest absolute Gasteiger partial charge is 0.464 e. The van der Waals surface area contributed by atoms with E-state index >= 15 is 0 Å². The van der Waals surface area contributed by atoms with Crippen molar-refractivity contribution in [3.63, 3.8) is 0 Å². The van der Waals surface area contributed by atoms with E-state index < -0.39 is 0 Å². The number of hydrogen-bond acceptors (Lipinski definition) is 3. The zero-order chi connectivity index (χ0) is 16.1. The van der Waals surface area contributed by atoms with Crippen molar-refractivity contribution in [2.45, 2.75) is 39.7 Å². The monoisotopic (exact) mass is 299 g/mol. The van der Waals surface area contributed by atoms with E-state index in [1.54, 1.807) is 12.1 Å². The Balaban J connectivity index is 1.82. The molecule has 0 aliphatic carbocycles. The first-order chi connectivity index (χ1) is 10.5. The summed E-state index contributed by atoms with van der Waals surface area (Å²) in [6.07, 6.45) is 0.384. The zero-order valence-electron chi connectivity index (χ0n) is 13.2. The predicted octanol–water partition coefficient (Wildman–Crippen LogP) is 3.74. The minimum Gasteiger partial charge on any atom is -0.464 e. The molecular weight excluding hydrogens is 278 g/mol. The van der Waals surface area contributed by atoms with Crippen molar-refractivity contribution in [3.8, 4) is 0 Å². The number of furan rings is 1. The Kier molecular flexibility index (Phi) is 5.15. The molecule has 0 saturated carbocycles. The smallest absolute Gasteiger partial charge is 0.221 e. The van der Waals surface area contributed by atoms with Crippen LogP contribution >= 0.6 is 0 Å². The second kappa shape index (κ2) is 7.07. The van der Waals surface area contributed by atoms with Gasteiger partial charge in [0.1, 0.15) is 11.5 Å². The van der Waals surface area contributed by atoms with Gasteiger partial charge in [-0.15, -0.1) is 0 Å². The molecule has 0 unspecified atom stereocenters. The van der Waals surface area contributed by atoms with Crippen LogP contribution in [0.25, 0.3) is 0 Å². The second-order valence-electron chi connectivity index (χ2n) is 5.53. The summed E-state index contributed by atoms with van der Waals surface area (Å²) < 4.78 is 5.47. The Labute approximate surface area is 130 Å². The van der Waals surface area contributed by atoms with E-state index in [0.29, 0.717) is 5.56 Å². The standard InChI is InChI=1S/C18H21NO3/c1-12-4-7-15(8-5-12)16(20)9-11-18(21)19-14(3)17-10-6-13(2)22-17/h4-8,10,14H,9,11H2,1-3H3,(H,19,21)/t14-/m1/s1. The van der Waals surface area contributed by atoms with Gasteiger partial charge >= 0.3 is 0 Å². The van der Waals surface area contributed by atoms with Crippen LogP contribution in [0, 0.1) is 13.8 Å². The third-order valence-corrected chi connectivity index (χ3v) is 3.52. The van der Waals surface area contributed by atoms with Crippen LogP contribution in [0.5, 0.6) is 0 Å². The van der Waals surface area contributed by atoms with E-state index in [-0.39, 0.29) is 30.6 Å². The molecule has 1 atom stereocenters. The van der Waals surface area contributed by atoms with Gasteiger partial charge in [0.25, 0.3) is 0 Å². The summed E-state index contributed by atoms with van der Waals surface area (Å²) in [4.78, 5) is 23.9. The molecule has 0 saturated heterocycles. The summed E-state index contributed by atoms with van der Waals surface area (Å²) in [6.45, 7) is 5.69. The lowest BCUT2D eigenvalue weighted by Crippen LogP contribution is -2.26. The first kappa shape index (κ1) is 16.0. The summed E-state index contributed by atoms with van der Waals surface area (Å²) in [5.74, 6) is 1.36. The molecule has 2 aromatic rings. The Hall–Kier alpha value is -2.36. The van der Waals surface area contributed by atoms with E-state index in [4.69, 9.17) is 4.42 Å². The fourth-order valence-electron chi connectivity index (χ4n) is 2.18. The van der Waals surface area contributed by atoms with Gasteiger partial charge in [0.2, 0.25) is 5.91 Å². The number of ketones is 1. The Morgan fingerprint density at radius 1 is 1.05 bits per heavy atom. The van der Waals surface area contributed by atoms with E-state index in [9.17, 15) is 9.59 Å². The van der Waals surface area contributed by atoms with E-state index in [2.05, 4.69) is 5.32 Å². The summed E-state index contributed by atoms with van der Waals surface area (Å²) in [7, 11) is 0. The molecule has 0 aliphatic rings. The molecule has 4 heteroatoms. The highest BCUT2D eigenvalue weighted by Crippen LogP contribution is 2.16. The molecule has 0 bridgehead atoms. The van der Waals surface area contributed by atoms with Crippen molar-refractivity contribution in [3.05, 3.63) is 59.0 Å². The zero-order valence-corrected chi connectivity index (χ0v) is 13.2. The number of carbonyl (C=O) groups excluding carboxylic acids is 2. The van der Waals surface area contributed by atoms with Gasteiger partial charge in [0.15, 0.2) is 5.78 Å². The summed E-state index contributed by atoms with van der Waals surface area (Å²) in [6, 6.07) is 10.9. The molecule has 1 N–H and O–H groups in total. The maximum atomic E-state index is 12.0. The normalized spacial score (nSPS) is 12.0. The van der Waals surface area contributed by atoms with E-state index in [1.807, 2.05) is 45.0 Å². The predicted molar refractivity (Wildman–Crippen MR) is 84.7 cm³/mol. The summed E-state index contributed by atoms with van der Waals surface area (Å²) >= 11 is 0. The summed E-state index contributed by atoms with van der Waals surface area (Å²) in [5, 5.41) is 2.84. The number of rotatable bonds is 6. The van der Waals surface area contributed by atoms with Gasteiger partial charge in [-0.05, 0) is 32.9 Å². The first-order valence-corrected chi connectivity index (χ1v) is 7.41. The molecule has 1 aromatic heterocycles. The lowest BCUT2D eigenvalue weighted by Gasteiger charge is -2.11. The Bertz CT molecular complexity index is 655. The van der Waals surface area contributed by atoms with Gasteiger partial charge in [-0.25, -0.2) is 0 Å². The van der Waals surface area contributed by atoms with Gasteiger partial charge < -0.3 is 9.73 Å². The van der Waals surface area contributed by atoms with Crippen LogP contribution in [-0.4, -0.2) is 11.7 Å². The Morgan fingerprint density at radius 3 is 2.32 bits per heavy atom. The van der Waals surface area contributed by atoms with Gasteiger partial charge in [0.05, 0.1) is 6.04 Å². The van der Waals surface area contributed by atoms with Crippen LogP contribution in [-0.2, 0) is 4.79 Å². The van der Waals surface area contributed by atoms with Crippen molar-refractivity contribution in [1.29, 1.82) is 0 Å². The van der Waals surface area contributed by atoms with E-state index in [0.717, 1.165) is 17.1 Å². The number of benzene rings is 1. The molecule has 0 fully saturated rings. The molecule has 0 spiro atoms. The minimum absolute atomic E-state index is 0.0170. The van der Waals surface area contributed by atoms with Crippen LogP contribution in [0.15, 0.2) is 40.8 Å². The average molecular weight is 299 g/mol. The lowest BCUT2D eigenvalue weighted by atomic mass is 10.0. The van der Waals surface area contributed by atoms with Crippen LogP contribution in [0.1, 0.15) is 53.2 Å². The second-order valence-corrected chi connectivity index (χ2v) is 5.53. The maximum Gasteiger partial charge on any atom is 0.221 e. The van der Waals surface area contributed by atoms with Gasteiger partial charge in [-0.1, -0.05) is 29.8 Å². The molecule has 1 aromatic carbocycles. The van der Waals surface area contributed by atoms with Gasteiger partial charge in [0, 0.05) is 18.4 Å². The van der Waals surface area contributed by atoms with Crippen molar-refractivity contribution in [2.75, 3.05) is 0 Å². The number of Topliss-reactive ketones (excluding diaryl/α,β-unsaturated/α-hetero) is 1. The number of carbonyl (C=O) groups is 2. The number of aryl methyl sites for hydroxylation is 2. The molecule has 116 valence electrons. The highest BCUT2D eigenvalue weighted by Gasteiger charge is 2.14. The molecule has 2 rings (SSSR count). The third-order valence-electron chi connectivity index (χ3n) is 3.52. The van der Waals surface area contributed by atoms with Crippen LogP contribution in [0.3, 0.4) is 0 Å². The SMILES string of the molecule is Cc1ccc(C(=O)CCC(=O)N[C@H](C)c2ccc(C)o2)cc1. The van der Waals surface area contributed by atoms with Crippen molar-refractivity contribution in [2.24, 2.45) is 0 Å². The highest BCUT2D eigenvalue weighted by molar-refractivity contribution is 5.97. The topological polar surface area (TPSA) is 59.3 Å². The van der Waals surface area contributed by atoms with Crippen LogP contribution in [0.4, 0.5) is 0 Å².